The first kappa shape index (κ1) is 14.6. The lowest BCUT2D eigenvalue weighted by Gasteiger charge is -2.02. The van der Waals surface area contributed by atoms with Crippen molar-refractivity contribution in [3.05, 3.63) is 84.4 Å². The molecule has 0 spiro atoms. The zero-order valence-corrected chi connectivity index (χ0v) is 14.8. The second-order valence-corrected chi connectivity index (χ2v) is 7.07. The number of furan rings is 2. The number of hydrogen-bond donors (Lipinski definition) is 0. The SMILES string of the molecule is Cc1cccc2c1oc1cc(-c3ccc4c(c3)oc3ccccc34)ccc12. The van der Waals surface area contributed by atoms with Gasteiger partial charge in [0.15, 0.2) is 0 Å². The van der Waals surface area contributed by atoms with Crippen molar-refractivity contribution in [3.63, 3.8) is 0 Å². The average Bonchev–Trinajstić information content (AvgIpc) is 3.26. The summed E-state index contributed by atoms with van der Waals surface area (Å²) in [6.45, 7) is 2.08. The fourth-order valence-corrected chi connectivity index (χ4v) is 4.02. The van der Waals surface area contributed by atoms with Gasteiger partial charge in [-0.25, -0.2) is 0 Å². The summed E-state index contributed by atoms with van der Waals surface area (Å²) in [6.07, 6.45) is 0. The Labute approximate surface area is 155 Å². The molecule has 0 aliphatic carbocycles. The first-order valence-corrected chi connectivity index (χ1v) is 9.11. The minimum atomic E-state index is 0.911. The zero-order chi connectivity index (χ0) is 18.0. The van der Waals surface area contributed by atoms with E-state index >= 15 is 0 Å². The van der Waals surface area contributed by atoms with Crippen LogP contribution in [0.25, 0.3) is 55.0 Å². The molecular formula is C25H16O2. The molecule has 27 heavy (non-hydrogen) atoms. The van der Waals surface area contributed by atoms with Crippen molar-refractivity contribution in [2.24, 2.45) is 0 Å². The lowest BCUT2D eigenvalue weighted by molar-refractivity contribution is 0.665. The molecule has 0 fully saturated rings. The summed E-state index contributed by atoms with van der Waals surface area (Å²) in [6, 6.07) is 27.3. The largest absolute Gasteiger partial charge is 0.456 e. The van der Waals surface area contributed by atoms with Crippen LogP contribution in [0, 0.1) is 6.92 Å². The maximum Gasteiger partial charge on any atom is 0.138 e. The van der Waals surface area contributed by atoms with Crippen molar-refractivity contribution in [3.8, 4) is 11.1 Å². The second-order valence-electron chi connectivity index (χ2n) is 7.07. The summed E-state index contributed by atoms with van der Waals surface area (Å²) in [5.41, 5.74) is 7.14. The fraction of sp³-hybridized carbons (Fsp3) is 0.0400. The average molecular weight is 348 g/mol. The molecule has 0 aliphatic rings. The number of fused-ring (bicyclic) bond motifs is 6. The topological polar surface area (TPSA) is 26.3 Å². The van der Waals surface area contributed by atoms with E-state index in [1.165, 1.54) is 5.39 Å². The van der Waals surface area contributed by atoms with Gasteiger partial charge < -0.3 is 8.83 Å². The summed E-state index contributed by atoms with van der Waals surface area (Å²) in [4.78, 5) is 0. The molecule has 0 aliphatic heterocycles. The van der Waals surface area contributed by atoms with Gasteiger partial charge in [0.1, 0.15) is 22.3 Å². The minimum absolute atomic E-state index is 0.911. The van der Waals surface area contributed by atoms with Crippen LogP contribution in [0.4, 0.5) is 0 Å². The maximum atomic E-state index is 6.16. The van der Waals surface area contributed by atoms with Crippen LogP contribution in [-0.2, 0) is 0 Å². The Kier molecular flexibility index (Phi) is 2.84. The molecule has 0 atom stereocenters. The smallest absolute Gasteiger partial charge is 0.138 e. The van der Waals surface area contributed by atoms with E-state index in [-0.39, 0.29) is 0 Å². The van der Waals surface area contributed by atoms with Gasteiger partial charge >= 0.3 is 0 Å². The minimum Gasteiger partial charge on any atom is -0.456 e. The van der Waals surface area contributed by atoms with Crippen LogP contribution in [-0.4, -0.2) is 0 Å². The van der Waals surface area contributed by atoms with Gasteiger partial charge in [-0.3, -0.25) is 0 Å². The van der Waals surface area contributed by atoms with Crippen LogP contribution in [0.3, 0.4) is 0 Å². The molecule has 2 aromatic heterocycles. The highest BCUT2D eigenvalue weighted by Crippen LogP contribution is 2.35. The third-order valence-electron chi connectivity index (χ3n) is 5.41. The van der Waals surface area contributed by atoms with Crippen molar-refractivity contribution in [2.45, 2.75) is 6.92 Å². The third-order valence-corrected chi connectivity index (χ3v) is 5.41. The van der Waals surface area contributed by atoms with Crippen molar-refractivity contribution in [1.29, 1.82) is 0 Å². The van der Waals surface area contributed by atoms with Crippen LogP contribution < -0.4 is 0 Å². The summed E-state index contributed by atoms with van der Waals surface area (Å²) in [7, 11) is 0. The molecule has 0 unspecified atom stereocenters. The highest BCUT2D eigenvalue weighted by molar-refractivity contribution is 6.08. The quantitative estimate of drug-likeness (QED) is 0.308. The molecule has 4 aromatic carbocycles. The normalized spacial score (nSPS) is 11.9. The molecule has 6 rings (SSSR count). The zero-order valence-electron chi connectivity index (χ0n) is 14.8. The molecule has 0 saturated heterocycles. The van der Waals surface area contributed by atoms with Crippen molar-refractivity contribution in [1.82, 2.24) is 0 Å². The Morgan fingerprint density at radius 2 is 1.15 bits per heavy atom. The Morgan fingerprint density at radius 1 is 0.519 bits per heavy atom. The first-order chi connectivity index (χ1) is 13.3. The molecule has 2 nitrogen and oxygen atoms in total. The number of hydrogen-bond acceptors (Lipinski definition) is 2. The van der Waals surface area contributed by atoms with Crippen molar-refractivity contribution >= 4 is 43.9 Å². The van der Waals surface area contributed by atoms with E-state index in [9.17, 15) is 0 Å². The summed E-state index contributed by atoms with van der Waals surface area (Å²) >= 11 is 0. The predicted octanol–water partition coefficient (Wildman–Crippen LogP) is 7.46. The van der Waals surface area contributed by atoms with Gasteiger partial charge in [-0.2, -0.15) is 0 Å². The predicted molar refractivity (Wildman–Crippen MR) is 111 cm³/mol. The van der Waals surface area contributed by atoms with E-state index in [0.29, 0.717) is 0 Å². The first-order valence-electron chi connectivity index (χ1n) is 9.11. The molecule has 6 aromatic rings. The van der Waals surface area contributed by atoms with Crippen LogP contribution >= 0.6 is 0 Å². The lowest BCUT2D eigenvalue weighted by atomic mass is 10.0. The Bertz CT molecular complexity index is 1480. The highest BCUT2D eigenvalue weighted by Gasteiger charge is 2.11. The standard InChI is InChI=1S/C25H16O2/c1-15-5-4-7-21-20-12-10-17(14-24(20)27-25(15)21)16-9-11-19-18-6-2-3-8-22(18)26-23(19)13-16/h2-14H,1H3. The van der Waals surface area contributed by atoms with Crippen LogP contribution in [0.15, 0.2) is 87.7 Å². The number of rotatable bonds is 1. The Balaban J connectivity index is 1.57. The fourth-order valence-electron chi connectivity index (χ4n) is 4.02. The monoisotopic (exact) mass is 348 g/mol. The van der Waals surface area contributed by atoms with E-state index < -0.39 is 0 Å². The van der Waals surface area contributed by atoms with E-state index in [1.54, 1.807) is 0 Å². The molecule has 128 valence electrons. The van der Waals surface area contributed by atoms with Gasteiger partial charge in [0, 0.05) is 21.5 Å². The van der Waals surface area contributed by atoms with Gasteiger partial charge in [0.2, 0.25) is 0 Å². The van der Waals surface area contributed by atoms with Crippen molar-refractivity contribution < 1.29 is 8.83 Å². The van der Waals surface area contributed by atoms with Crippen molar-refractivity contribution in [2.75, 3.05) is 0 Å². The molecule has 0 bridgehead atoms. The molecule has 2 heteroatoms. The Morgan fingerprint density at radius 3 is 1.96 bits per heavy atom. The van der Waals surface area contributed by atoms with Crippen LogP contribution in [0.1, 0.15) is 5.56 Å². The number of para-hydroxylation sites is 2. The Hall–Kier alpha value is -3.52. The molecule has 0 N–H and O–H groups in total. The van der Waals surface area contributed by atoms with Gasteiger partial charge in [-0.1, -0.05) is 48.5 Å². The second kappa shape index (κ2) is 5.24. The van der Waals surface area contributed by atoms with Gasteiger partial charge in [0.25, 0.3) is 0 Å². The van der Waals surface area contributed by atoms with E-state index in [0.717, 1.165) is 55.2 Å². The summed E-state index contributed by atoms with van der Waals surface area (Å²) < 4.78 is 12.2. The third kappa shape index (κ3) is 2.07. The summed E-state index contributed by atoms with van der Waals surface area (Å²) in [5.74, 6) is 0. The number of aryl methyl sites for hydroxylation is 1. The molecule has 0 amide bonds. The molecule has 0 saturated carbocycles. The lowest BCUT2D eigenvalue weighted by Crippen LogP contribution is -1.77. The highest BCUT2D eigenvalue weighted by atomic mass is 16.3. The van der Waals surface area contributed by atoms with Gasteiger partial charge in [-0.05, 0) is 53.9 Å². The van der Waals surface area contributed by atoms with E-state index in [2.05, 4.69) is 67.6 Å². The van der Waals surface area contributed by atoms with Crippen LogP contribution in [0.2, 0.25) is 0 Å². The molecular weight excluding hydrogens is 332 g/mol. The van der Waals surface area contributed by atoms with Gasteiger partial charge in [-0.15, -0.1) is 0 Å². The van der Waals surface area contributed by atoms with Gasteiger partial charge in [0.05, 0.1) is 0 Å². The maximum absolute atomic E-state index is 6.16. The summed E-state index contributed by atoms with van der Waals surface area (Å²) in [5, 5.41) is 4.63. The van der Waals surface area contributed by atoms with E-state index in [1.807, 2.05) is 18.2 Å². The van der Waals surface area contributed by atoms with Crippen LogP contribution in [0.5, 0.6) is 0 Å². The van der Waals surface area contributed by atoms with E-state index in [4.69, 9.17) is 8.83 Å². The molecule has 0 radical (unpaired) electrons. The molecule has 2 heterocycles. The number of benzene rings is 4.